The van der Waals surface area contributed by atoms with Gasteiger partial charge in [0.15, 0.2) is 11.4 Å². The number of fused-ring (bicyclic) bond motifs is 1. The van der Waals surface area contributed by atoms with Crippen LogP contribution in [0.25, 0.3) is 0 Å². The zero-order chi connectivity index (χ0) is 9.26. The standard InChI is InChI=1S/C8H8N2O2S/c1-13-8-9-6(2-11)5-3-12-4-7(5)10-8/h2H,3-4H2,1H3. The van der Waals surface area contributed by atoms with E-state index in [0.29, 0.717) is 24.1 Å². The first-order valence-corrected chi connectivity index (χ1v) is 5.04. The fourth-order valence-corrected chi connectivity index (χ4v) is 1.63. The van der Waals surface area contributed by atoms with Crippen LogP contribution in [0.15, 0.2) is 5.16 Å². The van der Waals surface area contributed by atoms with E-state index in [1.54, 1.807) is 0 Å². The molecule has 5 heteroatoms. The van der Waals surface area contributed by atoms with Gasteiger partial charge >= 0.3 is 0 Å². The van der Waals surface area contributed by atoms with E-state index in [1.165, 1.54) is 11.8 Å². The quantitative estimate of drug-likeness (QED) is 0.402. The zero-order valence-electron chi connectivity index (χ0n) is 7.11. The van der Waals surface area contributed by atoms with Crippen molar-refractivity contribution >= 4 is 18.0 Å². The molecule has 0 saturated carbocycles. The summed E-state index contributed by atoms with van der Waals surface area (Å²) in [5.41, 5.74) is 2.15. The Balaban J connectivity index is 2.55. The first-order valence-electron chi connectivity index (χ1n) is 3.82. The van der Waals surface area contributed by atoms with Crippen molar-refractivity contribution in [1.82, 2.24) is 9.97 Å². The zero-order valence-corrected chi connectivity index (χ0v) is 7.93. The van der Waals surface area contributed by atoms with Crippen molar-refractivity contribution in [3.63, 3.8) is 0 Å². The number of hydrogen-bond donors (Lipinski definition) is 0. The van der Waals surface area contributed by atoms with Gasteiger partial charge < -0.3 is 4.74 Å². The molecule has 0 N–H and O–H groups in total. The van der Waals surface area contributed by atoms with Gasteiger partial charge in [0.2, 0.25) is 0 Å². The number of carbonyl (C=O) groups excluding carboxylic acids is 1. The summed E-state index contributed by atoms with van der Waals surface area (Å²) in [7, 11) is 0. The molecule has 13 heavy (non-hydrogen) atoms. The van der Waals surface area contributed by atoms with Crippen LogP contribution in [0.3, 0.4) is 0 Å². The van der Waals surface area contributed by atoms with Crippen LogP contribution in [0.2, 0.25) is 0 Å². The molecule has 2 heterocycles. The molecule has 0 radical (unpaired) electrons. The molecule has 0 spiro atoms. The maximum Gasteiger partial charge on any atom is 0.188 e. The van der Waals surface area contributed by atoms with E-state index in [-0.39, 0.29) is 0 Å². The summed E-state index contributed by atoms with van der Waals surface area (Å²) in [5, 5.41) is 0.631. The normalized spacial score (nSPS) is 14.2. The summed E-state index contributed by atoms with van der Waals surface area (Å²) in [4.78, 5) is 19.0. The average molecular weight is 196 g/mol. The van der Waals surface area contributed by atoms with E-state index in [0.717, 1.165) is 17.5 Å². The van der Waals surface area contributed by atoms with Crippen LogP contribution in [-0.2, 0) is 18.0 Å². The molecule has 0 saturated heterocycles. The van der Waals surface area contributed by atoms with Crippen molar-refractivity contribution in [1.29, 1.82) is 0 Å². The van der Waals surface area contributed by atoms with Crippen molar-refractivity contribution in [3.8, 4) is 0 Å². The molecule has 0 atom stereocenters. The van der Waals surface area contributed by atoms with E-state index in [9.17, 15) is 4.79 Å². The van der Waals surface area contributed by atoms with Gasteiger partial charge in [0.05, 0.1) is 18.9 Å². The number of aldehydes is 1. The molecule has 0 aromatic carbocycles. The lowest BCUT2D eigenvalue weighted by Gasteiger charge is -2.01. The van der Waals surface area contributed by atoms with Crippen LogP contribution in [0, 0.1) is 0 Å². The van der Waals surface area contributed by atoms with E-state index in [4.69, 9.17) is 4.74 Å². The first-order chi connectivity index (χ1) is 6.35. The molecule has 0 unspecified atom stereocenters. The van der Waals surface area contributed by atoms with Gasteiger partial charge in [0.25, 0.3) is 0 Å². The summed E-state index contributed by atoms with van der Waals surface area (Å²) < 4.78 is 5.19. The number of hydrogen-bond acceptors (Lipinski definition) is 5. The molecular formula is C8H8N2O2S. The van der Waals surface area contributed by atoms with Crippen LogP contribution in [0.1, 0.15) is 21.7 Å². The van der Waals surface area contributed by atoms with Gasteiger partial charge in [0.1, 0.15) is 5.69 Å². The van der Waals surface area contributed by atoms with Crippen molar-refractivity contribution in [2.24, 2.45) is 0 Å². The second-order valence-corrected chi connectivity index (χ2v) is 3.40. The summed E-state index contributed by atoms with van der Waals surface area (Å²) in [5.74, 6) is 0. The monoisotopic (exact) mass is 196 g/mol. The van der Waals surface area contributed by atoms with Gasteiger partial charge in [-0.25, -0.2) is 9.97 Å². The van der Waals surface area contributed by atoms with Gasteiger partial charge in [-0.3, -0.25) is 4.79 Å². The third-order valence-electron chi connectivity index (χ3n) is 1.88. The highest BCUT2D eigenvalue weighted by atomic mass is 32.2. The summed E-state index contributed by atoms with van der Waals surface area (Å²) in [6, 6.07) is 0. The molecule has 1 aromatic heterocycles. The number of carbonyl (C=O) groups is 1. The lowest BCUT2D eigenvalue weighted by Crippen LogP contribution is -2.01. The molecule has 4 nitrogen and oxygen atoms in total. The lowest BCUT2D eigenvalue weighted by molar-refractivity contribution is 0.111. The molecule has 2 rings (SSSR count). The number of aromatic nitrogens is 2. The second-order valence-electron chi connectivity index (χ2n) is 2.63. The van der Waals surface area contributed by atoms with E-state index < -0.39 is 0 Å². The van der Waals surface area contributed by atoms with Crippen LogP contribution in [0.4, 0.5) is 0 Å². The Hall–Kier alpha value is -0.940. The Morgan fingerprint density at radius 1 is 1.46 bits per heavy atom. The first kappa shape index (κ1) is 8.65. The highest BCUT2D eigenvalue weighted by Crippen LogP contribution is 2.22. The minimum atomic E-state index is 0.456. The Kier molecular flexibility index (Phi) is 2.28. The van der Waals surface area contributed by atoms with Gasteiger partial charge in [-0.15, -0.1) is 0 Å². The van der Waals surface area contributed by atoms with Crippen molar-refractivity contribution in [2.45, 2.75) is 18.4 Å². The van der Waals surface area contributed by atoms with Crippen LogP contribution in [0.5, 0.6) is 0 Å². The average Bonchev–Trinajstić information content (AvgIpc) is 2.63. The lowest BCUT2D eigenvalue weighted by atomic mass is 10.2. The van der Waals surface area contributed by atoms with Gasteiger partial charge in [0, 0.05) is 5.56 Å². The smallest absolute Gasteiger partial charge is 0.188 e. The predicted molar refractivity (Wildman–Crippen MR) is 47.7 cm³/mol. The molecule has 1 aliphatic heterocycles. The third kappa shape index (κ3) is 1.45. The number of nitrogens with zero attached hydrogens (tertiary/aromatic N) is 2. The largest absolute Gasteiger partial charge is 0.370 e. The van der Waals surface area contributed by atoms with Crippen LogP contribution in [-0.4, -0.2) is 22.5 Å². The fourth-order valence-electron chi connectivity index (χ4n) is 1.24. The topological polar surface area (TPSA) is 52.1 Å². The SMILES string of the molecule is CSc1nc(C=O)c2c(n1)COC2. The third-order valence-corrected chi connectivity index (χ3v) is 2.43. The fraction of sp³-hybridized carbons (Fsp3) is 0.375. The van der Waals surface area contributed by atoms with Crippen molar-refractivity contribution < 1.29 is 9.53 Å². The minimum absolute atomic E-state index is 0.456. The maximum atomic E-state index is 10.7. The van der Waals surface area contributed by atoms with Gasteiger partial charge in [-0.1, -0.05) is 11.8 Å². The van der Waals surface area contributed by atoms with E-state index in [1.807, 2.05) is 6.26 Å². The Morgan fingerprint density at radius 3 is 3.00 bits per heavy atom. The molecule has 68 valence electrons. The van der Waals surface area contributed by atoms with E-state index in [2.05, 4.69) is 9.97 Å². The molecule has 1 aromatic rings. The van der Waals surface area contributed by atoms with Gasteiger partial charge in [-0.05, 0) is 6.26 Å². The molecular weight excluding hydrogens is 188 g/mol. The Labute approximate surface area is 79.7 Å². The van der Waals surface area contributed by atoms with Crippen molar-refractivity contribution in [3.05, 3.63) is 17.0 Å². The van der Waals surface area contributed by atoms with Crippen molar-refractivity contribution in [2.75, 3.05) is 6.26 Å². The Morgan fingerprint density at radius 2 is 2.31 bits per heavy atom. The summed E-state index contributed by atoms with van der Waals surface area (Å²) in [6.07, 6.45) is 2.64. The van der Waals surface area contributed by atoms with Crippen LogP contribution < -0.4 is 0 Å². The number of rotatable bonds is 2. The highest BCUT2D eigenvalue weighted by molar-refractivity contribution is 7.98. The second kappa shape index (κ2) is 3.43. The van der Waals surface area contributed by atoms with Crippen LogP contribution >= 0.6 is 11.8 Å². The van der Waals surface area contributed by atoms with Gasteiger partial charge in [-0.2, -0.15) is 0 Å². The molecule has 0 bridgehead atoms. The minimum Gasteiger partial charge on any atom is -0.370 e. The molecule has 1 aliphatic rings. The molecule has 0 amide bonds. The number of ether oxygens (including phenoxy) is 1. The summed E-state index contributed by atoms with van der Waals surface area (Å²) >= 11 is 1.43. The highest BCUT2D eigenvalue weighted by Gasteiger charge is 2.18. The number of thioether (sulfide) groups is 1. The summed E-state index contributed by atoms with van der Waals surface area (Å²) in [6.45, 7) is 0.949. The molecule has 0 aliphatic carbocycles. The maximum absolute atomic E-state index is 10.7. The molecule has 0 fully saturated rings. The Bertz CT molecular complexity index is 354. The van der Waals surface area contributed by atoms with E-state index >= 15 is 0 Å². The predicted octanol–water partition coefficient (Wildman–Crippen LogP) is 1.04.